The van der Waals surface area contributed by atoms with Crippen LogP contribution in [0.5, 0.6) is 0 Å². The first kappa shape index (κ1) is 9.32. The second-order valence-electron chi connectivity index (χ2n) is 3.45. The van der Waals surface area contributed by atoms with Gasteiger partial charge in [0.05, 0.1) is 13.2 Å². The number of ether oxygens (including phenoxy) is 2. The molecule has 0 aliphatic carbocycles. The highest BCUT2D eigenvalue weighted by atomic mass is 16.8. The molecule has 2 fully saturated rings. The number of rotatable bonds is 1. The van der Waals surface area contributed by atoms with E-state index in [1.54, 1.807) is 0 Å². The molecule has 0 aromatic rings. The number of hydrogen-bond acceptors (Lipinski definition) is 6. The van der Waals surface area contributed by atoms with Crippen LogP contribution in [0.4, 0.5) is 0 Å². The van der Waals surface area contributed by atoms with Crippen LogP contribution in [-0.2, 0) is 9.47 Å². The predicted molar refractivity (Wildman–Crippen MR) is 38.7 cm³/mol. The first-order valence-electron chi connectivity index (χ1n) is 4.05. The summed E-state index contributed by atoms with van der Waals surface area (Å²) in [5.41, 5.74) is -1.27. The molecule has 0 radical (unpaired) electrons. The zero-order valence-electron chi connectivity index (χ0n) is 6.83. The largest absolute Gasteiger partial charge is 0.393 e. The Hall–Kier alpha value is -0.240. The zero-order valence-corrected chi connectivity index (χ0v) is 6.83. The highest BCUT2D eigenvalue weighted by Gasteiger charge is 2.58. The van der Waals surface area contributed by atoms with Crippen LogP contribution < -0.4 is 0 Å². The molecule has 0 unspecified atom stereocenters. The summed E-state index contributed by atoms with van der Waals surface area (Å²) >= 11 is 0. The van der Waals surface area contributed by atoms with Crippen molar-refractivity contribution in [2.24, 2.45) is 0 Å². The van der Waals surface area contributed by atoms with Crippen molar-refractivity contribution in [1.82, 2.24) is 0 Å². The molecule has 0 spiro atoms. The van der Waals surface area contributed by atoms with Gasteiger partial charge in [-0.05, 0) is 0 Å². The molecule has 5 atom stereocenters. The molecule has 0 aromatic heterocycles. The van der Waals surface area contributed by atoms with Gasteiger partial charge < -0.3 is 29.9 Å². The van der Waals surface area contributed by atoms with Crippen molar-refractivity contribution in [3.05, 3.63) is 0 Å². The molecular formula is C7H12O6. The standard InChI is InChI=1S/C7H12O6/c8-1-7-2-12-6(13-7)4(10)3(9)5(7)11/h3-6,8-11H,1-2H2/t3-,4-,5-,6+,7+/m1/s1. The molecule has 4 N–H and O–H groups in total. The molecule has 6 heteroatoms. The van der Waals surface area contributed by atoms with Crippen molar-refractivity contribution in [2.75, 3.05) is 13.2 Å². The molecule has 0 amide bonds. The monoisotopic (exact) mass is 192 g/mol. The fraction of sp³-hybridized carbons (Fsp3) is 1.00. The van der Waals surface area contributed by atoms with Gasteiger partial charge >= 0.3 is 0 Å². The molecule has 13 heavy (non-hydrogen) atoms. The van der Waals surface area contributed by atoms with E-state index in [0.29, 0.717) is 0 Å². The van der Waals surface area contributed by atoms with Crippen LogP contribution in [0.25, 0.3) is 0 Å². The van der Waals surface area contributed by atoms with Gasteiger partial charge in [-0.25, -0.2) is 0 Å². The Morgan fingerprint density at radius 2 is 1.92 bits per heavy atom. The van der Waals surface area contributed by atoms with Crippen molar-refractivity contribution in [2.45, 2.75) is 30.2 Å². The van der Waals surface area contributed by atoms with E-state index < -0.39 is 36.8 Å². The lowest BCUT2D eigenvalue weighted by Gasteiger charge is -2.39. The molecular weight excluding hydrogens is 180 g/mol. The predicted octanol–water partition coefficient (Wildman–Crippen LogP) is -2.81. The van der Waals surface area contributed by atoms with Gasteiger partial charge in [0, 0.05) is 0 Å². The summed E-state index contributed by atoms with van der Waals surface area (Å²) < 4.78 is 10.1. The maximum Gasteiger partial charge on any atom is 0.187 e. The summed E-state index contributed by atoms with van der Waals surface area (Å²) in [6, 6.07) is 0. The average Bonchev–Trinajstić information content (AvgIpc) is 2.55. The highest BCUT2D eigenvalue weighted by molar-refractivity contribution is 5.03. The van der Waals surface area contributed by atoms with Crippen molar-refractivity contribution in [3.8, 4) is 0 Å². The van der Waals surface area contributed by atoms with Crippen molar-refractivity contribution in [3.63, 3.8) is 0 Å². The van der Waals surface area contributed by atoms with E-state index in [1.165, 1.54) is 0 Å². The van der Waals surface area contributed by atoms with Gasteiger partial charge in [0.25, 0.3) is 0 Å². The summed E-state index contributed by atoms with van der Waals surface area (Å²) in [5, 5.41) is 37.2. The molecule has 76 valence electrons. The van der Waals surface area contributed by atoms with Crippen LogP contribution in [0, 0.1) is 0 Å². The van der Waals surface area contributed by atoms with E-state index in [0.717, 1.165) is 0 Å². The van der Waals surface area contributed by atoms with Crippen molar-refractivity contribution < 1.29 is 29.9 Å². The molecule has 2 aliphatic heterocycles. The van der Waals surface area contributed by atoms with Crippen LogP contribution in [0.2, 0.25) is 0 Å². The topological polar surface area (TPSA) is 99.4 Å². The Labute approximate surface area is 74.3 Å². The molecule has 6 nitrogen and oxygen atoms in total. The lowest BCUT2D eigenvalue weighted by Crippen LogP contribution is -2.62. The van der Waals surface area contributed by atoms with Gasteiger partial charge in [-0.2, -0.15) is 0 Å². The minimum Gasteiger partial charge on any atom is -0.393 e. The molecule has 2 heterocycles. The first-order chi connectivity index (χ1) is 6.10. The Bertz CT molecular complexity index is 209. The Kier molecular flexibility index (Phi) is 2.06. The van der Waals surface area contributed by atoms with Crippen molar-refractivity contribution in [1.29, 1.82) is 0 Å². The van der Waals surface area contributed by atoms with Gasteiger partial charge in [0.1, 0.15) is 23.9 Å². The summed E-state index contributed by atoms with van der Waals surface area (Å²) in [4.78, 5) is 0. The molecule has 2 rings (SSSR count). The third-order valence-electron chi connectivity index (χ3n) is 2.60. The lowest BCUT2D eigenvalue weighted by molar-refractivity contribution is -0.265. The minimum absolute atomic E-state index is 0.0244. The first-order valence-corrected chi connectivity index (χ1v) is 4.05. The second kappa shape index (κ2) is 2.88. The molecule has 2 aliphatic rings. The van der Waals surface area contributed by atoms with E-state index in [1.807, 2.05) is 0 Å². The Balaban J connectivity index is 2.25. The van der Waals surface area contributed by atoms with Crippen LogP contribution in [0.1, 0.15) is 0 Å². The van der Waals surface area contributed by atoms with Gasteiger partial charge in [-0.15, -0.1) is 0 Å². The third kappa shape index (κ3) is 1.11. The summed E-state index contributed by atoms with van der Waals surface area (Å²) in [5.74, 6) is 0. The SMILES string of the molecule is OC[C@@]12CO[C@@H](O1)[C@H](O)[C@@H](O)[C@H]2O. The zero-order chi connectivity index (χ0) is 9.64. The number of fused-ring (bicyclic) bond motifs is 2. The van der Waals surface area contributed by atoms with Gasteiger partial charge in [0.15, 0.2) is 6.29 Å². The normalized spacial score (nSPS) is 55.4. The van der Waals surface area contributed by atoms with Crippen LogP contribution in [-0.4, -0.2) is 63.8 Å². The maximum absolute atomic E-state index is 9.51. The Morgan fingerprint density at radius 1 is 1.23 bits per heavy atom. The molecule has 0 saturated carbocycles. The third-order valence-corrected chi connectivity index (χ3v) is 2.60. The van der Waals surface area contributed by atoms with Crippen molar-refractivity contribution >= 4 is 0 Å². The Morgan fingerprint density at radius 3 is 2.54 bits per heavy atom. The minimum atomic E-state index is -1.34. The summed E-state index contributed by atoms with van der Waals surface area (Å²) in [6.45, 7) is -0.474. The van der Waals surface area contributed by atoms with E-state index in [2.05, 4.69) is 0 Å². The number of hydrogen-bond donors (Lipinski definition) is 4. The summed E-state index contributed by atoms with van der Waals surface area (Å²) in [7, 11) is 0. The summed E-state index contributed by atoms with van der Waals surface area (Å²) in [6.07, 6.45) is -4.89. The van der Waals surface area contributed by atoms with Gasteiger partial charge in [0.2, 0.25) is 0 Å². The average molecular weight is 192 g/mol. The van der Waals surface area contributed by atoms with E-state index in [4.69, 9.17) is 14.6 Å². The fourth-order valence-corrected chi connectivity index (χ4v) is 1.68. The number of aliphatic hydroxyl groups excluding tert-OH is 4. The second-order valence-corrected chi connectivity index (χ2v) is 3.45. The fourth-order valence-electron chi connectivity index (χ4n) is 1.68. The van der Waals surface area contributed by atoms with Gasteiger partial charge in [-0.3, -0.25) is 0 Å². The molecule has 2 bridgehead atoms. The molecule has 2 saturated heterocycles. The smallest absolute Gasteiger partial charge is 0.187 e. The van der Waals surface area contributed by atoms with E-state index >= 15 is 0 Å². The highest BCUT2D eigenvalue weighted by Crippen LogP contribution is 2.36. The maximum atomic E-state index is 9.51. The van der Waals surface area contributed by atoms with Crippen LogP contribution >= 0.6 is 0 Å². The van der Waals surface area contributed by atoms with Crippen LogP contribution in [0.15, 0.2) is 0 Å². The number of aliphatic hydroxyl groups is 4. The lowest BCUT2D eigenvalue weighted by atomic mass is 9.90. The van der Waals surface area contributed by atoms with Crippen LogP contribution in [0.3, 0.4) is 0 Å². The van der Waals surface area contributed by atoms with E-state index in [-0.39, 0.29) is 6.61 Å². The molecule has 0 aromatic carbocycles. The van der Waals surface area contributed by atoms with E-state index in [9.17, 15) is 15.3 Å². The van der Waals surface area contributed by atoms with Gasteiger partial charge in [-0.1, -0.05) is 0 Å². The quantitative estimate of drug-likeness (QED) is 0.358.